The van der Waals surface area contributed by atoms with Crippen molar-refractivity contribution in [3.8, 4) is 5.75 Å². The monoisotopic (exact) mass is 566 g/mol. The van der Waals surface area contributed by atoms with Gasteiger partial charge in [0.05, 0.1) is 12.0 Å². The SMILES string of the molecule is C=CCOc1cccc(C(=O)C2C(C(=O)c3ccc(C)cc3)N3C=Cc4ccccc4C3C23C(=O)Nc2ccccc23)c1. The van der Waals surface area contributed by atoms with E-state index < -0.39 is 23.4 Å². The molecule has 0 bridgehead atoms. The number of carbonyl (C=O) groups excluding carboxylic acids is 3. The van der Waals surface area contributed by atoms with Gasteiger partial charge in [-0.3, -0.25) is 14.4 Å². The maximum absolute atomic E-state index is 15.0. The van der Waals surface area contributed by atoms with Crippen molar-refractivity contribution in [2.45, 2.75) is 24.4 Å². The molecular formula is C37H30N2O4. The number of nitrogens with zero attached hydrogens (tertiary/aromatic N) is 1. The molecule has 6 nitrogen and oxygen atoms in total. The predicted octanol–water partition coefficient (Wildman–Crippen LogP) is 6.54. The number of rotatable bonds is 7. The van der Waals surface area contributed by atoms with Gasteiger partial charge in [-0.05, 0) is 47.9 Å². The molecule has 1 amide bonds. The van der Waals surface area contributed by atoms with Gasteiger partial charge in [-0.1, -0.05) is 97.1 Å². The van der Waals surface area contributed by atoms with Crippen molar-refractivity contribution in [2.75, 3.05) is 11.9 Å². The Morgan fingerprint density at radius 3 is 2.51 bits per heavy atom. The third kappa shape index (κ3) is 3.97. The first-order valence-corrected chi connectivity index (χ1v) is 14.4. The second-order valence-electron chi connectivity index (χ2n) is 11.3. The van der Waals surface area contributed by atoms with Crippen LogP contribution in [0, 0.1) is 12.8 Å². The Morgan fingerprint density at radius 2 is 1.70 bits per heavy atom. The Bertz CT molecular complexity index is 1820. The van der Waals surface area contributed by atoms with Gasteiger partial charge >= 0.3 is 0 Å². The summed E-state index contributed by atoms with van der Waals surface area (Å²) in [4.78, 5) is 46.1. The van der Waals surface area contributed by atoms with E-state index in [0.717, 1.165) is 22.3 Å². The molecule has 4 atom stereocenters. The van der Waals surface area contributed by atoms with Gasteiger partial charge in [0.1, 0.15) is 23.8 Å². The number of Topliss-reactive ketones (excluding diaryl/α,β-unsaturated/α-hetero) is 2. The molecule has 43 heavy (non-hydrogen) atoms. The molecule has 212 valence electrons. The summed E-state index contributed by atoms with van der Waals surface area (Å²) in [5.74, 6) is -1.31. The van der Waals surface area contributed by atoms with Gasteiger partial charge in [-0.2, -0.15) is 0 Å². The summed E-state index contributed by atoms with van der Waals surface area (Å²) >= 11 is 0. The van der Waals surface area contributed by atoms with Crippen LogP contribution in [0.25, 0.3) is 6.08 Å². The highest BCUT2D eigenvalue weighted by Gasteiger charge is 2.70. The summed E-state index contributed by atoms with van der Waals surface area (Å²) in [6, 6.07) is 28.2. The lowest BCUT2D eigenvalue weighted by molar-refractivity contribution is -0.122. The fourth-order valence-electron chi connectivity index (χ4n) is 7.13. The van der Waals surface area contributed by atoms with Gasteiger partial charge in [0.15, 0.2) is 11.6 Å². The van der Waals surface area contributed by atoms with Gasteiger partial charge in [0.25, 0.3) is 0 Å². The smallest absolute Gasteiger partial charge is 0.238 e. The van der Waals surface area contributed by atoms with Gasteiger partial charge in [0, 0.05) is 23.0 Å². The van der Waals surface area contributed by atoms with Crippen LogP contribution in [0.5, 0.6) is 5.75 Å². The highest BCUT2D eigenvalue weighted by atomic mass is 16.5. The maximum Gasteiger partial charge on any atom is 0.238 e. The van der Waals surface area contributed by atoms with E-state index in [1.807, 2.05) is 84.8 Å². The van der Waals surface area contributed by atoms with E-state index in [-0.39, 0.29) is 24.1 Å². The zero-order valence-electron chi connectivity index (χ0n) is 23.7. The molecular weight excluding hydrogens is 536 g/mol. The largest absolute Gasteiger partial charge is 0.490 e. The number of anilines is 1. The van der Waals surface area contributed by atoms with E-state index in [4.69, 9.17) is 4.74 Å². The zero-order valence-corrected chi connectivity index (χ0v) is 23.7. The zero-order chi connectivity index (χ0) is 29.7. The van der Waals surface area contributed by atoms with Gasteiger partial charge in [0.2, 0.25) is 5.91 Å². The molecule has 4 unspecified atom stereocenters. The molecule has 0 aliphatic carbocycles. The van der Waals surface area contributed by atoms with Crippen molar-refractivity contribution >= 4 is 29.2 Å². The highest BCUT2D eigenvalue weighted by Crippen LogP contribution is 2.62. The van der Waals surface area contributed by atoms with Crippen LogP contribution in [0.15, 0.2) is 116 Å². The molecule has 1 fully saturated rings. The number of nitrogens with one attached hydrogen (secondary N) is 1. The van der Waals surface area contributed by atoms with Crippen LogP contribution in [0.2, 0.25) is 0 Å². The minimum atomic E-state index is -1.38. The van der Waals surface area contributed by atoms with Gasteiger partial charge in [-0.15, -0.1) is 0 Å². The topological polar surface area (TPSA) is 75.7 Å². The minimum Gasteiger partial charge on any atom is -0.490 e. The molecule has 1 spiro atoms. The second kappa shape index (κ2) is 10.2. The molecule has 3 aliphatic heterocycles. The molecule has 6 heteroatoms. The molecule has 0 aromatic heterocycles. The predicted molar refractivity (Wildman–Crippen MR) is 166 cm³/mol. The van der Waals surface area contributed by atoms with Crippen molar-refractivity contribution in [1.82, 2.24) is 4.90 Å². The number of ether oxygens (including phenoxy) is 1. The number of ketones is 2. The number of fused-ring (bicyclic) bond motifs is 6. The summed E-state index contributed by atoms with van der Waals surface area (Å²) in [5, 5.41) is 3.09. The van der Waals surface area contributed by atoms with E-state index in [2.05, 4.69) is 11.9 Å². The number of para-hydroxylation sites is 1. The van der Waals surface area contributed by atoms with E-state index in [0.29, 0.717) is 22.6 Å². The fourth-order valence-corrected chi connectivity index (χ4v) is 7.13. The Labute approximate surface area is 250 Å². The number of amides is 1. The van der Waals surface area contributed by atoms with Crippen molar-refractivity contribution in [1.29, 1.82) is 0 Å². The Balaban J connectivity index is 1.50. The van der Waals surface area contributed by atoms with Crippen LogP contribution in [0.3, 0.4) is 0 Å². The number of hydrogen-bond acceptors (Lipinski definition) is 5. The third-order valence-corrected chi connectivity index (χ3v) is 8.94. The van der Waals surface area contributed by atoms with Crippen LogP contribution < -0.4 is 10.1 Å². The Kier molecular flexibility index (Phi) is 6.35. The second-order valence-corrected chi connectivity index (χ2v) is 11.3. The quantitative estimate of drug-likeness (QED) is 0.203. The normalized spacial score (nSPS) is 22.9. The number of aryl methyl sites for hydroxylation is 1. The van der Waals surface area contributed by atoms with Crippen LogP contribution in [0.1, 0.15) is 49.0 Å². The molecule has 4 aromatic rings. The van der Waals surface area contributed by atoms with Gasteiger partial charge < -0.3 is 15.0 Å². The average Bonchev–Trinajstić information content (AvgIpc) is 3.52. The molecule has 3 aliphatic rings. The van der Waals surface area contributed by atoms with Crippen LogP contribution >= 0.6 is 0 Å². The van der Waals surface area contributed by atoms with Crippen molar-refractivity contribution in [2.24, 2.45) is 5.92 Å². The Morgan fingerprint density at radius 1 is 0.930 bits per heavy atom. The molecule has 0 saturated carbocycles. The van der Waals surface area contributed by atoms with E-state index >= 15 is 0 Å². The number of benzene rings is 4. The minimum absolute atomic E-state index is 0.208. The Hall–Kier alpha value is -5.23. The van der Waals surface area contributed by atoms with Crippen molar-refractivity contribution in [3.63, 3.8) is 0 Å². The van der Waals surface area contributed by atoms with Crippen molar-refractivity contribution < 1.29 is 19.1 Å². The highest BCUT2D eigenvalue weighted by molar-refractivity contribution is 6.16. The third-order valence-electron chi connectivity index (χ3n) is 8.94. The summed E-state index contributed by atoms with van der Waals surface area (Å²) in [6.07, 6.45) is 5.49. The first-order chi connectivity index (χ1) is 20.9. The molecule has 4 aromatic carbocycles. The molecule has 1 N–H and O–H groups in total. The molecule has 7 rings (SSSR count). The lowest BCUT2D eigenvalue weighted by atomic mass is 9.62. The van der Waals surface area contributed by atoms with Crippen LogP contribution in [-0.2, 0) is 10.2 Å². The first-order valence-electron chi connectivity index (χ1n) is 14.4. The van der Waals surface area contributed by atoms with E-state index in [1.54, 1.807) is 42.5 Å². The first kappa shape index (κ1) is 26.7. The van der Waals surface area contributed by atoms with Gasteiger partial charge in [-0.25, -0.2) is 0 Å². The average molecular weight is 567 g/mol. The molecule has 1 saturated heterocycles. The fraction of sp³-hybridized carbons (Fsp3) is 0.162. The van der Waals surface area contributed by atoms with E-state index in [9.17, 15) is 14.4 Å². The lowest BCUT2D eigenvalue weighted by Gasteiger charge is -2.38. The number of carbonyl (C=O) groups is 3. The standard InChI is InChI=1S/C37H30N2O4/c1-3-21-43-27-11-8-10-26(22-27)33(40)31-32(34(41)25-17-15-23(2)16-18-25)39-20-19-24-9-4-5-12-28(24)35(39)37(31)29-13-6-7-14-30(29)38-36(37)42/h3-20,22,31-32,35H,1,21H2,2H3,(H,38,42). The lowest BCUT2D eigenvalue weighted by Crippen LogP contribution is -2.49. The van der Waals surface area contributed by atoms with Crippen LogP contribution in [-0.4, -0.2) is 35.0 Å². The summed E-state index contributed by atoms with van der Waals surface area (Å²) in [5.41, 5.74) is 3.75. The number of hydrogen-bond donors (Lipinski definition) is 1. The molecule has 3 heterocycles. The van der Waals surface area contributed by atoms with Crippen LogP contribution in [0.4, 0.5) is 5.69 Å². The summed E-state index contributed by atoms with van der Waals surface area (Å²) < 4.78 is 5.76. The summed E-state index contributed by atoms with van der Waals surface area (Å²) in [7, 11) is 0. The summed E-state index contributed by atoms with van der Waals surface area (Å²) in [6.45, 7) is 5.96. The van der Waals surface area contributed by atoms with Crippen molar-refractivity contribution in [3.05, 3.63) is 149 Å². The van der Waals surface area contributed by atoms with E-state index in [1.165, 1.54) is 0 Å². The maximum atomic E-state index is 15.0. The molecule has 0 radical (unpaired) electrons.